The number of rotatable bonds is 4. The van der Waals surface area contributed by atoms with E-state index in [0.29, 0.717) is 6.54 Å². The number of furan rings is 1. The molecule has 0 spiro atoms. The summed E-state index contributed by atoms with van der Waals surface area (Å²) >= 11 is 0. The first-order valence-corrected chi connectivity index (χ1v) is 5.80. The second-order valence-electron chi connectivity index (χ2n) is 4.12. The Bertz CT molecular complexity index is 520. The molecule has 0 unspecified atom stereocenters. The normalized spacial score (nSPS) is 12.1. The van der Waals surface area contributed by atoms with Crippen LogP contribution in [0.4, 0.5) is 0 Å². The Hall–Kier alpha value is -2.07. The zero-order valence-corrected chi connectivity index (χ0v) is 10.2. The topological polar surface area (TPSA) is 68.3 Å². The van der Waals surface area contributed by atoms with Gasteiger partial charge in [-0.25, -0.2) is 0 Å². The predicted molar refractivity (Wildman–Crippen MR) is 68.7 cm³/mol. The van der Waals surface area contributed by atoms with Crippen molar-refractivity contribution in [2.75, 3.05) is 0 Å². The maximum absolute atomic E-state index is 11.8. The Morgan fingerprint density at radius 3 is 2.61 bits per heavy atom. The Morgan fingerprint density at radius 1 is 1.28 bits per heavy atom. The van der Waals surface area contributed by atoms with E-state index in [1.807, 2.05) is 49.4 Å². The van der Waals surface area contributed by atoms with Crippen molar-refractivity contribution in [1.82, 2.24) is 5.32 Å². The van der Waals surface area contributed by atoms with E-state index in [4.69, 9.17) is 10.2 Å². The monoisotopic (exact) mass is 244 g/mol. The largest absolute Gasteiger partial charge is 0.465 e. The number of amides is 1. The predicted octanol–water partition coefficient (Wildman–Crippen LogP) is 1.90. The molecule has 0 saturated carbocycles. The molecular weight excluding hydrogens is 228 g/mol. The molecule has 0 aliphatic rings. The summed E-state index contributed by atoms with van der Waals surface area (Å²) in [6, 6.07) is 12.3. The van der Waals surface area contributed by atoms with Gasteiger partial charge in [0.05, 0.1) is 6.54 Å². The van der Waals surface area contributed by atoms with Crippen LogP contribution in [0.2, 0.25) is 0 Å². The summed E-state index contributed by atoms with van der Waals surface area (Å²) in [5.74, 6) is 1.34. The molecule has 4 heteroatoms. The van der Waals surface area contributed by atoms with Gasteiger partial charge in [0, 0.05) is 0 Å². The summed E-state index contributed by atoms with van der Waals surface area (Å²) in [7, 11) is 0. The van der Waals surface area contributed by atoms with E-state index in [2.05, 4.69) is 5.32 Å². The second kappa shape index (κ2) is 5.51. The van der Waals surface area contributed by atoms with Gasteiger partial charge in [-0.3, -0.25) is 4.79 Å². The average molecular weight is 244 g/mol. The molecule has 1 aromatic carbocycles. The maximum atomic E-state index is 11.8. The lowest BCUT2D eigenvalue weighted by atomic mass is 10.1. The Balaban J connectivity index is 1.92. The Labute approximate surface area is 106 Å². The van der Waals surface area contributed by atoms with Gasteiger partial charge in [0.15, 0.2) is 0 Å². The molecule has 94 valence electrons. The highest BCUT2D eigenvalue weighted by Gasteiger charge is 2.15. The van der Waals surface area contributed by atoms with Crippen molar-refractivity contribution in [1.29, 1.82) is 0 Å². The van der Waals surface area contributed by atoms with E-state index in [1.165, 1.54) is 0 Å². The number of carbonyl (C=O) groups is 1. The van der Waals surface area contributed by atoms with Crippen LogP contribution in [0, 0.1) is 6.92 Å². The summed E-state index contributed by atoms with van der Waals surface area (Å²) in [5, 5.41) is 2.75. The van der Waals surface area contributed by atoms with Crippen LogP contribution in [-0.4, -0.2) is 5.91 Å². The number of hydrogen-bond acceptors (Lipinski definition) is 3. The fourth-order valence-corrected chi connectivity index (χ4v) is 1.68. The minimum Gasteiger partial charge on any atom is -0.465 e. The van der Waals surface area contributed by atoms with Crippen LogP contribution in [0.3, 0.4) is 0 Å². The third kappa shape index (κ3) is 2.99. The standard InChI is InChI=1S/C14H16N2O2/c1-10-7-8-12(18-10)9-16-14(17)13(15)11-5-3-2-4-6-11/h2-8,13H,9,15H2,1H3,(H,16,17)/t13-/m1/s1. The molecule has 2 aromatic rings. The molecule has 2 rings (SSSR count). The second-order valence-corrected chi connectivity index (χ2v) is 4.12. The molecule has 4 nitrogen and oxygen atoms in total. The Morgan fingerprint density at radius 2 is 2.00 bits per heavy atom. The number of hydrogen-bond donors (Lipinski definition) is 2. The highest BCUT2D eigenvalue weighted by Crippen LogP contribution is 2.10. The van der Waals surface area contributed by atoms with Crippen LogP contribution >= 0.6 is 0 Å². The smallest absolute Gasteiger partial charge is 0.241 e. The van der Waals surface area contributed by atoms with Crippen molar-refractivity contribution in [3.8, 4) is 0 Å². The SMILES string of the molecule is Cc1ccc(CNC(=O)[C@H](N)c2ccccc2)o1. The van der Waals surface area contributed by atoms with Gasteiger partial charge in [-0.2, -0.15) is 0 Å². The van der Waals surface area contributed by atoms with Crippen LogP contribution < -0.4 is 11.1 Å². The quantitative estimate of drug-likeness (QED) is 0.863. The molecule has 18 heavy (non-hydrogen) atoms. The molecule has 1 atom stereocenters. The Kier molecular flexibility index (Phi) is 3.79. The molecule has 0 bridgehead atoms. The minimum atomic E-state index is -0.651. The summed E-state index contributed by atoms with van der Waals surface area (Å²) < 4.78 is 5.36. The molecule has 0 fully saturated rings. The molecule has 3 N–H and O–H groups in total. The molecule has 0 radical (unpaired) electrons. The zero-order chi connectivity index (χ0) is 13.0. The molecule has 0 aliphatic carbocycles. The lowest BCUT2D eigenvalue weighted by molar-refractivity contribution is -0.122. The van der Waals surface area contributed by atoms with E-state index in [9.17, 15) is 4.79 Å². The maximum Gasteiger partial charge on any atom is 0.241 e. The fraction of sp³-hybridized carbons (Fsp3) is 0.214. The van der Waals surface area contributed by atoms with Gasteiger partial charge >= 0.3 is 0 Å². The highest BCUT2D eigenvalue weighted by atomic mass is 16.3. The van der Waals surface area contributed by atoms with Gasteiger partial charge < -0.3 is 15.5 Å². The third-order valence-electron chi connectivity index (χ3n) is 2.67. The van der Waals surface area contributed by atoms with Crippen LogP contribution in [0.1, 0.15) is 23.1 Å². The van der Waals surface area contributed by atoms with Crippen molar-refractivity contribution < 1.29 is 9.21 Å². The number of benzene rings is 1. The number of nitrogens with one attached hydrogen (secondary N) is 1. The molecule has 1 amide bonds. The van der Waals surface area contributed by atoms with E-state index in [-0.39, 0.29) is 5.91 Å². The van der Waals surface area contributed by atoms with Crippen molar-refractivity contribution in [2.24, 2.45) is 5.73 Å². The molecule has 1 aromatic heterocycles. The van der Waals surface area contributed by atoms with Gasteiger partial charge in [0.1, 0.15) is 17.6 Å². The first kappa shape index (κ1) is 12.4. The van der Waals surface area contributed by atoms with Crippen LogP contribution in [-0.2, 0) is 11.3 Å². The number of aryl methyl sites for hydroxylation is 1. The van der Waals surface area contributed by atoms with E-state index < -0.39 is 6.04 Å². The van der Waals surface area contributed by atoms with E-state index in [0.717, 1.165) is 17.1 Å². The van der Waals surface area contributed by atoms with Crippen LogP contribution in [0.25, 0.3) is 0 Å². The van der Waals surface area contributed by atoms with E-state index >= 15 is 0 Å². The van der Waals surface area contributed by atoms with Crippen molar-refractivity contribution >= 4 is 5.91 Å². The summed E-state index contributed by atoms with van der Waals surface area (Å²) in [5.41, 5.74) is 6.66. The third-order valence-corrected chi connectivity index (χ3v) is 2.67. The summed E-state index contributed by atoms with van der Waals surface area (Å²) in [4.78, 5) is 11.8. The van der Waals surface area contributed by atoms with Gasteiger partial charge in [-0.15, -0.1) is 0 Å². The van der Waals surface area contributed by atoms with Crippen molar-refractivity contribution in [3.05, 3.63) is 59.5 Å². The molecule has 0 aliphatic heterocycles. The van der Waals surface area contributed by atoms with E-state index in [1.54, 1.807) is 0 Å². The summed E-state index contributed by atoms with van der Waals surface area (Å²) in [6.07, 6.45) is 0. The van der Waals surface area contributed by atoms with Gasteiger partial charge in [-0.05, 0) is 24.6 Å². The first-order chi connectivity index (χ1) is 8.66. The minimum absolute atomic E-state index is 0.213. The average Bonchev–Trinajstić information content (AvgIpc) is 2.82. The fourth-order valence-electron chi connectivity index (χ4n) is 1.68. The van der Waals surface area contributed by atoms with Crippen molar-refractivity contribution in [3.63, 3.8) is 0 Å². The van der Waals surface area contributed by atoms with Crippen LogP contribution in [0.15, 0.2) is 46.9 Å². The summed E-state index contributed by atoms with van der Waals surface area (Å²) in [6.45, 7) is 2.22. The van der Waals surface area contributed by atoms with Crippen molar-refractivity contribution in [2.45, 2.75) is 19.5 Å². The molecule has 0 saturated heterocycles. The highest BCUT2D eigenvalue weighted by molar-refractivity contribution is 5.82. The van der Waals surface area contributed by atoms with Gasteiger partial charge in [0.2, 0.25) is 5.91 Å². The lowest BCUT2D eigenvalue weighted by Crippen LogP contribution is -2.33. The molecule has 1 heterocycles. The number of carbonyl (C=O) groups excluding carboxylic acids is 1. The molecular formula is C14H16N2O2. The first-order valence-electron chi connectivity index (χ1n) is 5.80. The number of nitrogens with two attached hydrogens (primary N) is 1. The van der Waals surface area contributed by atoms with Gasteiger partial charge in [0.25, 0.3) is 0 Å². The van der Waals surface area contributed by atoms with Crippen LogP contribution in [0.5, 0.6) is 0 Å². The zero-order valence-electron chi connectivity index (χ0n) is 10.2. The van der Waals surface area contributed by atoms with Gasteiger partial charge in [-0.1, -0.05) is 30.3 Å². The lowest BCUT2D eigenvalue weighted by Gasteiger charge is -2.11.